The van der Waals surface area contributed by atoms with Crippen LogP contribution in [0.15, 0.2) is 0 Å². The molecule has 0 heterocycles. The van der Waals surface area contributed by atoms with Crippen LogP contribution >= 0.6 is 0 Å². The summed E-state index contributed by atoms with van der Waals surface area (Å²) in [5, 5.41) is 21.1. The molecule has 4 unspecified atom stereocenters. The van der Waals surface area contributed by atoms with Gasteiger partial charge in [-0.05, 0) is 33.1 Å². The smallest absolute Gasteiger partial charge is 0.0841 e. The van der Waals surface area contributed by atoms with Crippen molar-refractivity contribution >= 4 is 0 Å². The Labute approximate surface area is 206 Å². The molecule has 0 saturated heterocycles. The summed E-state index contributed by atoms with van der Waals surface area (Å²) < 4.78 is 0. The van der Waals surface area contributed by atoms with E-state index in [1.54, 1.807) is 19.1 Å². The highest BCUT2D eigenvalue weighted by Crippen LogP contribution is 2.17. The molecule has 4 atom stereocenters. The van der Waals surface area contributed by atoms with E-state index in [9.17, 15) is 10.2 Å². The van der Waals surface area contributed by atoms with Gasteiger partial charge in [-0.2, -0.15) is 0 Å². The summed E-state index contributed by atoms with van der Waals surface area (Å²) in [6, 6.07) is 0. The average molecular weight is 474 g/mol. The van der Waals surface area contributed by atoms with Crippen molar-refractivity contribution in [3.63, 3.8) is 0 Å². The molecule has 0 aliphatic heterocycles. The number of hydrogen-bond donors (Lipinski definition) is 2. The molecule has 0 aromatic heterocycles. The van der Waals surface area contributed by atoms with E-state index >= 15 is 0 Å². The van der Waals surface area contributed by atoms with Gasteiger partial charge in [-0.3, -0.25) is 9.68 Å². The van der Waals surface area contributed by atoms with E-state index in [2.05, 4.69) is 20.8 Å². The van der Waals surface area contributed by atoms with Gasteiger partial charge in [-0.15, -0.1) is 0 Å². The summed E-state index contributed by atoms with van der Waals surface area (Å²) in [5.41, 5.74) is 0. The third-order valence-corrected chi connectivity index (χ3v) is 6.35. The average Bonchev–Trinajstić information content (AvgIpc) is 2.77. The minimum atomic E-state index is -0.391. The molecule has 2 N–H and O–H groups in total. The number of hydroxylamine groups is 2. The van der Waals surface area contributed by atoms with Crippen LogP contribution < -0.4 is 0 Å². The van der Waals surface area contributed by atoms with Crippen molar-refractivity contribution in [2.45, 2.75) is 175 Å². The number of nitrogens with zero attached hydrogens (tertiary/aromatic N) is 1. The minimum Gasteiger partial charge on any atom is -0.393 e. The summed E-state index contributed by atoms with van der Waals surface area (Å²) in [6.45, 7) is 10.8. The van der Waals surface area contributed by atoms with E-state index in [1.807, 2.05) is 0 Å². The Morgan fingerprint density at radius 1 is 0.545 bits per heavy atom. The van der Waals surface area contributed by atoms with Crippen LogP contribution in [0.5, 0.6) is 0 Å². The van der Waals surface area contributed by atoms with Crippen LogP contribution in [0, 0.1) is 0 Å². The van der Waals surface area contributed by atoms with Gasteiger partial charge in [0.05, 0.1) is 31.0 Å². The second-order valence-corrected chi connectivity index (χ2v) is 10.1. The molecule has 0 aromatic carbocycles. The van der Waals surface area contributed by atoms with E-state index < -0.39 is 12.2 Å². The van der Waals surface area contributed by atoms with Crippen molar-refractivity contribution in [2.75, 3.05) is 6.54 Å². The summed E-state index contributed by atoms with van der Waals surface area (Å²) in [6.07, 6.45) is 20.7. The van der Waals surface area contributed by atoms with Gasteiger partial charge in [0.1, 0.15) is 0 Å². The van der Waals surface area contributed by atoms with Crippen LogP contribution in [-0.2, 0) is 9.68 Å². The van der Waals surface area contributed by atoms with Crippen LogP contribution in [0.1, 0.15) is 150 Å². The Morgan fingerprint density at radius 2 is 0.879 bits per heavy atom. The summed E-state index contributed by atoms with van der Waals surface area (Å²) in [4.78, 5) is 12.2. The lowest BCUT2D eigenvalue weighted by atomic mass is 10.0. The van der Waals surface area contributed by atoms with Crippen molar-refractivity contribution in [2.24, 2.45) is 0 Å². The van der Waals surface area contributed by atoms with Gasteiger partial charge in [0, 0.05) is 12.8 Å². The number of aliphatic hydroxyl groups is 2. The van der Waals surface area contributed by atoms with Crippen molar-refractivity contribution in [3.05, 3.63) is 0 Å². The fourth-order valence-electron chi connectivity index (χ4n) is 4.23. The number of aliphatic hydroxyl groups excluding tert-OH is 2. The molecule has 0 aliphatic carbocycles. The van der Waals surface area contributed by atoms with Crippen molar-refractivity contribution < 1.29 is 19.9 Å². The van der Waals surface area contributed by atoms with Crippen LogP contribution in [-0.4, -0.2) is 46.4 Å². The lowest BCUT2D eigenvalue weighted by Gasteiger charge is -2.30. The zero-order valence-corrected chi connectivity index (χ0v) is 22.9. The van der Waals surface area contributed by atoms with E-state index in [4.69, 9.17) is 9.68 Å². The summed E-state index contributed by atoms with van der Waals surface area (Å²) in [5.74, 6) is 0. The van der Waals surface area contributed by atoms with Crippen molar-refractivity contribution in [1.82, 2.24) is 5.23 Å². The molecular weight excluding hydrogens is 414 g/mol. The van der Waals surface area contributed by atoms with Crippen molar-refractivity contribution in [1.29, 1.82) is 0 Å². The highest BCUT2D eigenvalue weighted by atomic mass is 17.0. The molecule has 5 heteroatoms. The normalized spacial score (nSPS) is 15.6. The van der Waals surface area contributed by atoms with Gasteiger partial charge < -0.3 is 10.2 Å². The topological polar surface area (TPSA) is 62.2 Å². The van der Waals surface area contributed by atoms with Crippen LogP contribution in [0.3, 0.4) is 0 Å². The second kappa shape index (κ2) is 23.5. The maximum absolute atomic E-state index is 9.75. The van der Waals surface area contributed by atoms with E-state index in [0.717, 1.165) is 25.8 Å². The molecule has 0 saturated carbocycles. The quantitative estimate of drug-likeness (QED) is 0.105. The number of unbranched alkanes of at least 4 members (excludes halogenated alkanes) is 13. The third-order valence-electron chi connectivity index (χ3n) is 6.35. The van der Waals surface area contributed by atoms with Gasteiger partial charge in [-0.1, -0.05) is 109 Å². The Balaban J connectivity index is 4.06. The molecule has 0 fully saturated rings. The first-order chi connectivity index (χ1) is 15.9. The fraction of sp³-hybridized carbons (Fsp3) is 1.00. The predicted octanol–water partition coefficient (Wildman–Crippen LogP) is 7.73. The summed E-state index contributed by atoms with van der Waals surface area (Å²) >= 11 is 0. The van der Waals surface area contributed by atoms with Crippen LogP contribution in [0.25, 0.3) is 0 Å². The van der Waals surface area contributed by atoms with E-state index in [0.29, 0.717) is 12.8 Å². The Bertz CT molecular complexity index is 372. The number of rotatable bonds is 25. The molecule has 0 aromatic rings. The first-order valence-electron chi connectivity index (χ1n) is 14.4. The highest BCUT2D eigenvalue weighted by Gasteiger charge is 2.20. The molecule has 0 bridgehead atoms. The largest absolute Gasteiger partial charge is 0.393 e. The van der Waals surface area contributed by atoms with Gasteiger partial charge in [0.2, 0.25) is 0 Å². The maximum atomic E-state index is 9.75. The Hall–Kier alpha value is -0.200. The molecule has 0 spiro atoms. The molecule has 200 valence electrons. The highest BCUT2D eigenvalue weighted by molar-refractivity contribution is 4.61. The zero-order valence-electron chi connectivity index (χ0n) is 22.9. The standard InChI is InChI=1S/C28H59NO4/c1-6-9-10-11-12-13-14-15-16-17-18-19-20-21-22-29(32-27(7-2)23-25(4)30)33-28(8-3)24-26(5)31/h25-28,30-31H,6-24H2,1-5H3. The van der Waals surface area contributed by atoms with Gasteiger partial charge in [0.25, 0.3) is 0 Å². The molecular formula is C28H59NO4. The molecule has 33 heavy (non-hydrogen) atoms. The predicted molar refractivity (Wildman–Crippen MR) is 140 cm³/mol. The lowest BCUT2D eigenvalue weighted by Crippen LogP contribution is -2.36. The molecule has 0 aliphatic rings. The first kappa shape index (κ1) is 32.8. The van der Waals surface area contributed by atoms with E-state index in [-0.39, 0.29) is 12.2 Å². The monoisotopic (exact) mass is 473 g/mol. The molecule has 0 radical (unpaired) electrons. The fourth-order valence-corrected chi connectivity index (χ4v) is 4.23. The molecule has 0 amide bonds. The molecule has 0 rings (SSSR count). The Kier molecular flexibility index (Phi) is 23.4. The lowest BCUT2D eigenvalue weighted by molar-refractivity contribution is -0.405. The first-order valence-corrected chi connectivity index (χ1v) is 14.4. The van der Waals surface area contributed by atoms with Crippen LogP contribution in [0.2, 0.25) is 0 Å². The van der Waals surface area contributed by atoms with Gasteiger partial charge in [0.15, 0.2) is 0 Å². The van der Waals surface area contributed by atoms with E-state index in [1.165, 1.54) is 83.5 Å². The molecule has 5 nitrogen and oxygen atoms in total. The minimum absolute atomic E-state index is 0.0549. The Morgan fingerprint density at radius 3 is 1.18 bits per heavy atom. The van der Waals surface area contributed by atoms with Crippen LogP contribution in [0.4, 0.5) is 0 Å². The zero-order chi connectivity index (χ0) is 24.7. The van der Waals surface area contributed by atoms with Gasteiger partial charge >= 0.3 is 0 Å². The second-order valence-electron chi connectivity index (χ2n) is 10.1. The summed E-state index contributed by atoms with van der Waals surface area (Å²) in [7, 11) is 0. The third kappa shape index (κ3) is 22.0. The maximum Gasteiger partial charge on any atom is 0.0841 e. The number of hydrogen-bond acceptors (Lipinski definition) is 5. The SMILES string of the molecule is CCCCCCCCCCCCCCCCN(OC(CC)CC(C)O)OC(CC)CC(C)O. The van der Waals surface area contributed by atoms with Gasteiger partial charge in [-0.25, -0.2) is 0 Å². The van der Waals surface area contributed by atoms with Crippen molar-refractivity contribution in [3.8, 4) is 0 Å².